The monoisotopic (exact) mass is 1290 g/mol. The van der Waals surface area contributed by atoms with Crippen molar-refractivity contribution < 1.29 is 77.6 Å². The topological polar surface area (TPSA) is 574 Å². The number of likely N-dealkylation sites (tertiary alicyclic amines) is 1. The van der Waals surface area contributed by atoms with Crippen LogP contribution in [-0.2, 0) is 68.7 Å². The number of guanidine groups is 2. The zero-order valence-corrected chi connectivity index (χ0v) is 51.2. The molecule has 1 aliphatic heterocycles. The Hall–Kier alpha value is -9.28. The van der Waals surface area contributed by atoms with E-state index in [0.717, 1.165) is 21.4 Å². The van der Waals surface area contributed by atoms with Crippen molar-refractivity contribution >= 4 is 112 Å². The number of rotatable bonds is 41. The van der Waals surface area contributed by atoms with Crippen molar-refractivity contribution in [2.24, 2.45) is 28.9 Å². The maximum atomic E-state index is 14.4. The molecule has 2 aromatic rings. The van der Waals surface area contributed by atoms with Gasteiger partial charge in [0.05, 0.1) is 19.0 Å². The van der Waals surface area contributed by atoms with Gasteiger partial charge in [-0.15, -0.1) is 0 Å². The third kappa shape index (κ3) is 26.6. The van der Waals surface area contributed by atoms with Crippen LogP contribution in [-0.4, -0.2) is 207 Å². The number of aromatic amines is 1. The fraction of sp³-hybridized carbons (Fsp3) is 0.582. The molecule has 498 valence electrons. The third-order valence-corrected chi connectivity index (χ3v) is 14.8. The van der Waals surface area contributed by atoms with E-state index in [4.69, 9.17) is 33.8 Å². The Morgan fingerprint density at radius 1 is 0.644 bits per heavy atom. The minimum absolute atomic E-state index is 0.0284. The lowest BCUT2D eigenvalue weighted by molar-refractivity contribution is -0.144. The molecule has 3 rings (SSSR count). The highest BCUT2D eigenvalue weighted by atomic mass is 32.2. The van der Waals surface area contributed by atoms with Crippen molar-refractivity contribution in [2.45, 2.75) is 158 Å². The van der Waals surface area contributed by atoms with Gasteiger partial charge in [0.15, 0.2) is 11.9 Å². The van der Waals surface area contributed by atoms with E-state index in [-0.39, 0.29) is 95.1 Å². The first kappa shape index (κ1) is 75.0. The number of carbonyl (C=O) groups excluding carboxylic acids is 10. The molecule has 0 radical (unpaired) electrons. The summed E-state index contributed by atoms with van der Waals surface area (Å²) in [6, 6.07) is -5.66. The van der Waals surface area contributed by atoms with E-state index < -0.39 is 176 Å². The Labute approximate surface area is 522 Å². The minimum atomic E-state index is -1.76. The van der Waals surface area contributed by atoms with Gasteiger partial charge in [0.2, 0.25) is 59.1 Å². The summed E-state index contributed by atoms with van der Waals surface area (Å²) < 4.78 is 0. The number of thioether (sulfide) groups is 1. The average molecular weight is 1290 g/mol. The number of nitrogens with two attached hydrogens (primary N) is 4. The number of amides is 10. The van der Waals surface area contributed by atoms with Crippen molar-refractivity contribution in [3.8, 4) is 0 Å². The van der Waals surface area contributed by atoms with Crippen LogP contribution in [0.5, 0.6) is 0 Å². The van der Waals surface area contributed by atoms with Gasteiger partial charge in [0.25, 0.3) is 0 Å². The van der Waals surface area contributed by atoms with Crippen LogP contribution >= 0.6 is 11.8 Å². The van der Waals surface area contributed by atoms with E-state index >= 15 is 0 Å². The molecule has 34 nitrogen and oxygen atoms in total. The summed E-state index contributed by atoms with van der Waals surface area (Å²) in [6.07, 6.45) is 0.704. The van der Waals surface area contributed by atoms with Crippen LogP contribution in [0.2, 0.25) is 0 Å². The number of nitrogens with zero attached hydrogens (tertiary/aromatic N) is 1. The molecule has 9 atom stereocenters. The predicted octanol–water partition coefficient (Wildman–Crippen LogP) is -4.45. The van der Waals surface area contributed by atoms with Gasteiger partial charge in [-0.05, 0) is 100 Å². The second kappa shape index (κ2) is 38.2. The van der Waals surface area contributed by atoms with E-state index in [1.165, 1.54) is 11.8 Å². The highest BCUT2D eigenvalue weighted by Gasteiger charge is 2.40. The molecule has 1 aromatic carbocycles. The summed E-state index contributed by atoms with van der Waals surface area (Å²) in [4.78, 5) is 176. The van der Waals surface area contributed by atoms with E-state index in [9.17, 15) is 77.6 Å². The summed E-state index contributed by atoms with van der Waals surface area (Å²) in [5, 5.41) is 69.5. The fourth-order valence-electron chi connectivity index (χ4n) is 9.57. The molecular formula is C55H86N18O16S. The Bertz CT molecular complexity index is 2890. The van der Waals surface area contributed by atoms with Crippen LogP contribution in [0.3, 0.4) is 0 Å². The molecular weight excluding hydrogens is 1200 g/mol. The summed E-state index contributed by atoms with van der Waals surface area (Å²) in [5.41, 5.74) is 23.9. The summed E-state index contributed by atoms with van der Waals surface area (Å²) in [5.74, 6) is -14.3. The molecule has 35 heteroatoms. The quantitative estimate of drug-likeness (QED) is 0.0170. The molecule has 0 unspecified atom stereocenters. The highest BCUT2D eigenvalue weighted by molar-refractivity contribution is 7.98. The predicted molar refractivity (Wildman–Crippen MR) is 327 cm³/mol. The molecule has 1 aliphatic rings. The number of benzene rings is 1. The molecule has 0 bridgehead atoms. The minimum Gasteiger partial charge on any atom is -0.481 e. The third-order valence-electron chi connectivity index (χ3n) is 14.1. The number of carboxylic acids is 3. The van der Waals surface area contributed by atoms with Crippen LogP contribution in [0.25, 0.3) is 10.9 Å². The largest absolute Gasteiger partial charge is 0.481 e. The summed E-state index contributed by atoms with van der Waals surface area (Å²) >= 11 is 1.27. The number of aliphatic carboxylic acids is 3. The smallest absolute Gasteiger partial charge is 0.326 e. The normalized spacial score (nSPS) is 15.4. The zero-order chi connectivity index (χ0) is 67.2. The molecule has 1 saturated heterocycles. The molecule has 1 fully saturated rings. The first-order valence-corrected chi connectivity index (χ1v) is 30.5. The van der Waals surface area contributed by atoms with Gasteiger partial charge in [-0.1, -0.05) is 32.0 Å². The first-order chi connectivity index (χ1) is 42.5. The van der Waals surface area contributed by atoms with Gasteiger partial charge < -0.3 is 101 Å². The number of hydrogen-bond acceptors (Lipinski definition) is 17. The molecule has 0 aliphatic carbocycles. The Morgan fingerprint density at radius 2 is 1.13 bits per heavy atom. The van der Waals surface area contributed by atoms with Gasteiger partial charge in [0, 0.05) is 49.6 Å². The van der Waals surface area contributed by atoms with Crippen molar-refractivity contribution in [2.75, 3.05) is 38.2 Å². The van der Waals surface area contributed by atoms with E-state index in [1.807, 2.05) is 24.3 Å². The van der Waals surface area contributed by atoms with E-state index in [0.29, 0.717) is 0 Å². The van der Waals surface area contributed by atoms with E-state index in [1.54, 1.807) is 26.3 Å². The van der Waals surface area contributed by atoms with E-state index in [2.05, 4.69) is 58.2 Å². The number of carbonyl (C=O) groups is 13. The number of nitrogens with one attached hydrogen (secondary N) is 13. The molecule has 1 aromatic heterocycles. The van der Waals surface area contributed by atoms with Crippen LogP contribution in [0.1, 0.15) is 103 Å². The number of H-pyrrole nitrogens is 1. The molecule has 24 N–H and O–H groups in total. The van der Waals surface area contributed by atoms with Crippen LogP contribution in [0.4, 0.5) is 0 Å². The standard InChI is InChI=1S/C55H86N18O16S/c1-28(2)23-38(50(85)72-39(53(88)89)25-41(57)74)71-48(83)35(14-16-43(76)77)68-49(84)36(18-22-90-3)69-46(81)33(11-6-19-62-54(58)59)66-42(75)27-65-51(86)40-13-8-21-73(40)52(87)37(15-17-44(78)79)70-47(82)34(12-7-20-63-55(60)61)67-45(80)31(56)24-29-26-64-32-10-5-4-9-30(29)32/h4-5,9-10,26,28,31,33-40,64H,6-8,11-25,27,56H2,1-3H3,(H2,57,74)(H,65,86)(H,66,75)(H,67,80)(H,68,84)(H,69,81)(H,70,82)(H,71,83)(H,72,85)(H,76,77)(H,78,79)(H,88,89)(H4,58,59,62)(H4,60,61,63)/t31-,33-,34-,35-,36-,37-,38-,39-,40-/m0/s1. The Morgan fingerprint density at radius 3 is 1.67 bits per heavy atom. The van der Waals surface area contributed by atoms with Crippen molar-refractivity contribution in [1.29, 1.82) is 10.8 Å². The summed E-state index contributed by atoms with van der Waals surface area (Å²) in [6.45, 7) is 2.71. The number of carboxylic acid groups (broad SMARTS) is 3. The maximum Gasteiger partial charge on any atom is 0.326 e. The molecule has 0 saturated carbocycles. The Kier molecular flexibility index (Phi) is 31.8. The number of hydrogen-bond donors (Lipinski definition) is 20. The van der Waals surface area contributed by atoms with Crippen molar-refractivity contribution in [3.05, 3.63) is 36.0 Å². The van der Waals surface area contributed by atoms with Crippen LogP contribution in [0.15, 0.2) is 30.5 Å². The highest BCUT2D eigenvalue weighted by Crippen LogP contribution is 2.22. The lowest BCUT2D eigenvalue weighted by Crippen LogP contribution is -2.59. The maximum absolute atomic E-state index is 14.4. The number of fused-ring (bicyclic) bond motifs is 1. The van der Waals surface area contributed by atoms with Gasteiger partial charge in [-0.25, -0.2) is 4.79 Å². The van der Waals surface area contributed by atoms with Gasteiger partial charge >= 0.3 is 17.9 Å². The Balaban J connectivity index is 1.81. The van der Waals surface area contributed by atoms with Gasteiger partial charge in [-0.2, -0.15) is 11.8 Å². The number of para-hydroxylation sites is 1. The van der Waals surface area contributed by atoms with Crippen molar-refractivity contribution in [1.82, 2.24) is 63.1 Å². The molecule has 0 spiro atoms. The van der Waals surface area contributed by atoms with Gasteiger partial charge in [-0.3, -0.25) is 68.4 Å². The first-order valence-electron chi connectivity index (χ1n) is 29.1. The average Bonchev–Trinajstić information content (AvgIpc) is 2.12. The lowest BCUT2D eigenvalue weighted by Gasteiger charge is -2.30. The lowest BCUT2D eigenvalue weighted by atomic mass is 10.0. The molecule has 2 heterocycles. The van der Waals surface area contributed by atoms with Crippen molar-refractivity contribution in [3.63, 3.8) is 0 Å². The fourth-order valence-corrected chi connectivity index (χ4v) is 10.0. The van der Waals surface area contributed by atoms with Gasteiger partial charge in [0.1, 0.15) is 48.3 Å². The molecule has 90 heavy (non-hydrogen) atoms. The number of aromatic nitrogens is 1. The number of primary amides is 1. The SMILES string of the molecule is CSCC[C@H](NC(=O)[C@H](CCCNC(=N)N)NC(=O)CNC(=O)[C@@H]1CCCN1C(=O)[C@H](CCC(=O)O)NC(=O)[C@H](CCCNC(=N)N)NC(=O)[C@@H](N)Cc1c[nH]c2ccccc12)C(=O)N[C@@H](CCC(=O)O)C(=O)N[C@@H](CC(C)C)C(=O)N[C@@H](CC(N)=O)C(=O)O. The van der Waals surface area contributed by atoms with Crippen LogP contribution in [0, 0.1) is 16.7 Å². The molecule has 10 amide bonds. The van der Waals surface area contributed by atoms with Crippen LogP contribution < -0.4 is 76.1 Å². The second-order valence-corrected chi connectivity index (χ2v) is 22.8. The zero-order valence-electron chi connectivity index (χ0n) is 50.4. The second-order valence-electron chi connectivity index (χ2n) is 21.8. The summed E-state index contributed by atoms with van der Waals surface area (Å²) in [7, 11) is 0.